The van der Waals surface area contributed by atoms with Crippen molar-refractivity contribution in [3.63, 3.8) is 0 Å². The number of alkyl halides is 6. The van der Waals surface area contributed by atoms with Gasteiger partial charge < -0.3 is 0 Å². The zero-order chi connectivity index (χ0) is 20.7. The molecular formula is C18H14F7NOS. The van der Waals surface area contributed by atoms with E-state index in [0.29, 0.717) is 18.7 Å². The number of hydrogen-bond acceptors (Lipinski definition) is 1. The number of anilines is 1. The summed E-state index contributed by atoms with van der Waals surface area (Å²) in [6.45, 7) is 0.304. The molecule has 0 amide bonds. The second-order valence-electron chi connectivity index (χ2n) is 6.31. The van der Waals surface area contributed by atoms with Gasteiger partial charge in [0.15, 0.2) is 16.9 Å². The molecule has 0 saturated carbocycles. The van der Waals surface area contributed by atoms with Gasteiger partial charge in [-0.1, -0.05) is 12.1 Å². The fraction of sp³-hybridized carbons (Fsp3) is 0.333. The predicted octanol–water partition coefficient (Wildman–Crippen LogP) is 5.51. The van der Waals surface area contributed by atoms with Gasteiger partial charge in [-0.15, -0.1) is 0 Å². The van der Waals surface area contributed by atoms with Crippen LogP contribution in [0.4, 0.5) is 36.4 Å². The van der Waals surface area contributed by atoms with Gasteiger partial charge in [-0.25, -0.2) is 8.60 Å². The van der Waals surface area contributed by atoms with Gasteiger partial charge >= 0.3 is 12.4 Å². The molecule has 1 heterocycles. The Hall–Kier alpha value is -2.10. The molecule has 2 aromatic carbocycles. The van der Waals surface area contributed by atoms with Crippen LogP contribution in [0.5, 0.6) is 0 Å². The van der Waals surface area contributed by atoms with Crippen molar-refractivity contribution < 1.29 is 34.9 Å². The highest BCUT2D eigenvalue weighted by molar-refractivity contribution is 7.86. The SMILES string of the molecule is O=S(c1ccc(F)cc1)N1CCCc2cc(C(C(F)(F)F)C(F)(F)F)ccc21. The Morgan fingerprint density at radius 2 is 1.54 bits per heavy atom. The summed E-state index contributed by atoms with van der Waals surface area (Å²) in [5.74, 6) is -4.10. The van der Waals surface area contributed by atoms with E-state index in [-0.39, 0.29) is 16.9 Å². The Morgan fingerprint density at radius 1 is 0.929 bits per heavy atom. The lowest BCUT2D eigenvalue weighted by Gasteiger charge is -2.31. The largest absolute Gasteiger partial charge is 0.404 e. The summed E-state index contributed by atoms with van der Waals surface area (Å²) < 4.78 is 105. The van der Waals surface area contributed by atoms with Gasteiger partial charge in [-0.2, -0.15) is 26.3 Å². The van der Waals surface area contributed by atoms with Crippen LogP contribution in [0, 0.1) is 5.82 Å². The number of halogens is 7. The predicted molar refractivity (Wildman–Crippen MR) is 89.8 cm³/mol. The van der Waals surface area contributed by atoms with Gasteiger partial charge in [0.2, 0.25) is 0 Å². The van der Waals surface area contributed by atoms with Crippen molar-refractivity contribution >= 4 is 16.7 Å². The standard InChI is InChI=1S/C18H14F7NOS/c19-13-4-6-14(7-5-13)28(27)26-9-1-2-11-10-12(3-8-15(11)26)16(17(20,21)22)18(23,24)25/h3-8,10,16H,1-2,9H2. The number of hydrogen-bond donors (Lipinski definition) is 0. The Labute approximate surface area is 158 Å². The van der Waals surface area contributed by atoms with Crippen molar-refractivity contribution in [1.82, 2.24) is 0 Å². The van der Waals surface area contributed by atoms with Gasteiger partial charge in [-0.05, 0) is 54.3 Å². The van der Waals surface area contributed by atoms with Crippen molar-refractivity contribution in [2.24, 2.45) is 0 Å². The third-order valence-electron chi connectivity index (χ3n) is 4.38. The third kappa shape index (κ3) is 4.16. The zero-order valence-electron chi connectivity index (χ0n) is 14.1. The van der Waals surface area contributed by atoms with E-state index < -0.39 is 40.6 Å². The highest BCUT2D eigenvalue weighted by atomic mass is 32.2. The third-order valence-corrected chi connectivity index (χ3v) is 5.84. The molecule has 2 aromatic rings. The summed E-state index contributed by atoms with van der Waals surface area (Å²) in [6.07, 6.45) is -10.3. The number of aryl methyl sites for hydroxylation is 1. The maximum atomic E-state index is 13.0. The molecule has 0 bridgehead atoms. The average Bonchev–Trinajstić information content (AvgIpc) is 2.58. The molecular weight excluding hydrogens is 411 g/mol. The van der Waals surface area contributed by atoms with E-state index >= 15 is 0 Å². The fourth-order valence-corrected chi connectivity index (χ4v) is 4.45. The Morgan fingerprint density at radius 3 is 2.11 bits per heavy atom. The van der Waals surface area contributed by atoms with E-state index in [0.717, 1.165) is 30.3 Å². The van der Waals surface area contributed by atoms with Crippen LogP contribution in [-0.4, -0.2) is 23.1 Å². The Kier molecular flexibility index (Phi) is 5.44. The van der Waals surface area contributed by atoms with E-state index in [2.05, 4.69) is 0 Å². The zero-order valence-corrected chi connectivity index (χ0v) is 15.0. The summed E-state index contributed by atoms with van der Waals surface area (Å²) in [7, 11) is -1.77. The lowest BCUT2D eigenvalue weighted by atomic mass is 9.93. The molecule has 0 saturated heterocycles. The molecule has 1 aliphatic heterocycles. The topological polar surface area (TPSA) is 20.3 Å². The van der Waals surface area contributed by atoms with Crippen molar-refractivity contribution in [2.45, 2.75) is 36.0 Å². The molecule has 0 N–H and O–H groups in total. The molecule has 0 aromatic heterocycles. The minimum atomic E-state index is -5.47. The first kappa shape index (κ1) is 20.6. The maximum absolute atomic E-state index is 13.0. The fourth-order valence-electron chi connectivity index (χ4n) is 3.18. The maximum Gasteiger partial charge on any atom is 0.404 e. The molecule has 3 rings (SSSR count). The van der Waals surface area contributed by atoms with Gasteiger partial charge in [-0.3, -0.25) is 4.31 Å². The lowest BCUT2D eigenvalue weighted by molar-refractivity contribution is -0.253. The molecule has 0 radical (unpaired) electrons. The smallest absolute Gasteiger partial charge is 0.287 e. The molecule has 1 aliphatic rings. The summed E-state index contributed by atoms with van der Waals surface area (Å²) >= 11 is 0. The van der Waals surface area contributed by atoms with E-state index in [1.165, 1.54) is 16.4 Å². The normalized spacial score (nSPS) is 16.2. The summed E-state index contributed by atoms with van der Waals surface area (Å²) in [5, 5.41) is 0. The highest BCUT2D eigenvalue weighted by Crippen LogP contribution is 2.47. The average molecular weight is 425 g/mol. The van der Waals surface area contributed by atoms with E-state index in [1.54, 1.807) is 0 Å². The summed E-state index contributed by atoms with van der Waals surface area (Å²) in [4.78, 5) is 0.279. The summed E-state index contributed by atoms with van der Waals surface area (Å²) in [5.41, 5.74) is -0.327. The molecule has 0 fully saturated rings. The van der Waals surface area contributed by atoms with Gasteiger partial charge in [0.25, 0.3) is 0 Å². The second-order valence-corrected chi connectivity index (χ2v) is 7.72. The minimum absolute atomic E-state index is 0.262. The first-order chi connectivity index (χ1) is 13.0. The minimum Gasteiger partial charge on any atom is -0.287 e. The van der Waals surface area contributed by atoms with E-state index in [1.807, 2.05) is 0 Å². The first-order valence-electron chi connectivity index (χ1n) is 8.20. The summed E-state index contributed by atoms with van der Waals surface area (Å²) in [6, 6.07) is 7.67. The number of rotatable bonds is 3. The molecule has 10 heteroatoms. The van der Waals surface area contributed by atoms with Crippen LogP contribution < -0.4 is 4.31 Å². The first-order valence-corrected chi connectivity index (χ1v) is 9.30. The van der Waals surface area contributed by atoms with Crippen LogP contribution in [0.1, 0.15) is 23.5 Å². The molecule has 2 nitrogen and oxygen atoms in total. The van der Waals surface area contributed by atoms with E-state index in [4.69, 9.17) is 0 Å². The van der Waals surface area contributed by atoms with Gasteiger partial charge in [0.05, 0.1) is 10.6 Å². The van der Waals surface area contributed by atoms with Crippen molar-refractivity contribution in [2.75, 3.05) is 10.8 Å². The van der Waals surface area contributed by atoms with E-state index in [9.17, 15) is 34.9 Å². The number of fused-ring (bicyclic) bond motifs is 1. The molecule has 28 heavy (non-hydrogen) atoms. The molecule has 152 valence electrons. The second kappa shape index (κ2) is 7.38. The number of nitrogens with zero attached hydrogens (tertiary/aromatic N) is 1. The lowest BCUT2D eigenvalue weighted by Crippen LogP contribution is -2.35. The Bertz CT molecular complexity index is 863. The highest BCUT2D eigenvalue weighted by Gasteiger charge is 2.57. The van der Waals surface area contributed by atoms with Crippen molar-refractivity contribution in [1.29, 1.82) is 0 Å². The molecule has 1 atom stereocenters. The van der Waals surface area contributed by atoms with Crippen molar-refractivity contribution in [3.8, 4) is 0 Å². The Balaban J connectivity index is 1.98. The van der Waals surface area contributed by atoms with Crippen LogP contribution >= 0.6 is 0 Å². The molecule has 0 spiro atoms. The molecule has 1 unspecified atom stereocenters. The molecule has 0 aliphatic carbocycles. The van der Waals surface area contributed by atoms with Gasteiger partial charge in [0, 0.05) is 6.54 Å². The van der Waals surface area contributed by atoms with Crippen LogP contribution in [0.3, 0.4) is 0 Å². The quantitative estimate of drug-likeness (QED) is 0.594. The van der Waals surface area contributed by atoms with Crippen LogP contribution in [0.25, 0.3) is 0 Å². The number of benzene rings is 2. The van der Waals surface area contributed by atoms with Crippen LogP contribution in [-0.2, 0) is 17.4 Å². The monoisotopic (exact) mass is 425 g/mol. The van der Waals surface area contributed by atoms with Crippen LogP contribution in [0.2, 0.25) is 0 Å². The van der Waals surface area contributed by atoms with Crippen molar-refractivity contribution in [3.05, 3.63) is 59.4 Å². The van der Waals surface area contributed by atoms with Gasteiger partial charge in [0.1, 0.15) is 5.82 Å². The van der Waals surface area contributed by atoms with Crippen LogP contribution in [0.15, 0.2) is 47.4 Å².